The first-order valence-corrected chi connectivity index (χ1v) is 11.8. The van der Waals surface area contributed by atoms with Gasteiger partial charge in [0.1, 0.15) is 0 Å². The fourth-order valence-electron chi connectivity index (χ4n) is 4.83. The van der Waals surface area contributed by atoms with Crippen molar-refractivity contribution in [2.24, 2.45) is 0 Å². The van der Waals surface area contributed by atoms with Crippen molar-refractivity contribution in [2.75, 3.05) is 25.5 Å². The number of pyridine rings is 1. The molecule has 0 N–H and O–H groups in total. The van der Waals surface area contributed by atoms with Crippen molar-refractivity contribution in [3.63, 3.8) is 0 Å². The predicted molar refractivity (Wildman–Crippen MR) is 134 cm³/mol. The van der Waals surface area contributed by atoms with Gasteiger partial charge in [0.05, 0.1) is 11.6 Å². The first-order valence-electron chi connectivity index (χ1n) is 11.3. The maximum Gasteiger partial charge on any atom is 0.256 e. The van der Waals surface area contributed by atoms with E-state index in [1.54, 1.807) is 12.4 Å². The molecule has 5 rings (SSSR count). The second-order valence-corrected chi connectivity index (χ2v) is 8.74. The van der Waals surface area contributed by atoms with Crippen LogP contribution in [0.2, 0.25) is 0 Å². The summed E-state index contributed by atoms with van der Waals surface area (Å²) >= 11 is 6.51. The molecule has 0 spiro atoms. The van der Waals surface area contributed by atoms with Gasteiger partial charge in [0.2, 0.25) is 0 Å². The molecular weight excluding hydrogens is 430 g/mol. The molecule has 166 valence electrons. The van der Waals surface area contributed by atoms with Gasteiger partial charge in [-0.05, 0) is 16.5 Å². The molecular formula is C28H26ClN3O. The summed E-state index contributed by atoms with van der Waals surface area (Å²) in [7, 11) is 0. The number of hydrogen-bond acceptors (Lipinski definition) is 3. The van der Waals surface area contributed by atoms with Crippen LogP contribution in [0.1, 0.15) is 27.5 Å². The van der Waals surface area contributed by atoms with Crippen molar-refractivity contribution >= 4 is 28.3 Å². The zero-order chi connectivity index (χ0) is 22.6. The van der Waals surface area contributed by atoms with E-state index in [0.717, 1.165) is 17.3 Å². The molecule has 1 aliphatic rings. The number of hydrogen-bond donors (Lipinski definition) is 0. The summed E-state index contributed by atoms with van der Waals surface area (Å²) in [4.78, 5) is 22.2. The van der Waals surface area contributed by atoms with Crippen molar-refractivity contribution < 1.29 is 4.79 Å². The highest BCUT2D eigenvalue weighted by Gasteiger charge is 2.35. The Labute approximate surface area is 199 Å². The Morgan fingerprint density at radius 2 is 1.52 bits per heavy atom. The minimum Gasteiger partial charge on any atom is -0.336 e. The van der Waals surface area contributed by atoms with Crippen LogP contribution in [-0.2, 0) is 0 Å². The van der Waals surface area contributed by atoms with Gasteiger partial charge in [-0.1, -0.05) is 84.9 Å². The largest absolute Gasteiger partial charge is 0.336 e. The van der Waals surface area contributed by atoms with E-state index in [0.29, 0.717) is 24.5 Å². The number of aromatic nitrogens is 1. The molecule has 0 radical (unpaired) electrons. The monoisotopic (exact) mass is 455 g/mol. The molecule has 1 aromatic heterocycles. The number of amides is 1. The lowest BCUT2D eigenvalue weighted by atomic mass is 9.94. The van der Waals surface area contributed by atoms with Crippen LogP contribution in [0.3, 0.4) is 0 Å². The summed E-state index contributed by atoms with van der Waals surface area (Å²) in [5.74, 6) is 0.471. The summed E-state index contributed by atoms with van der Waals surface area (Å²) in [5, 5.41) is 1.91. The lowest BCUT2D eigenvalue weighted by Crippen LogP contribution is -2.56. The lowest BCUT2D eigenvalue weighted by Gasteiger charge is -2.45. The van der Waals surface area contributed by atoms with E-state index < -0.39 is 0 Å². The first kappa shape index (κ1) is 21.6. The number of alkyl halides is 1. The predicted octanol–water partition coefficient (Wildman–Crippen LogP) is 5.39. The second kappa shape index (κ2) is 9.74. The molecule has 3 aromatic carbocycles. The van der Waals surface area contributed by atoms with Gasteiger partial charge in [0.25, 0.3) is 5.91 Å². The van der Waals surface area contributed by atoms with Crippen molar-refractivity contribution in [1.82, 2.24) is 14.8 Å². The van der Waals surface area contributed by atoms with E-state index in [1.807, 2.05) is 41.3 Å². The van der Waals surface area contributed by atoms with E-state index in [-0.39, 0.29) is 18.0 Å². The van der Waals surface area contributed by atoms with Crippen LogP contribution in [0.25, 0.3) is 10.8 Å². The minimum absolute atomic E-state index is 0.0186. The Balaban J connectivity index is 1.44. The standard InChI is InChI=1S/C28H26ClN3O/c29-17-24-20-31(28(33)26-19-30-18-23-13-7-8-14-25(23)26)15-16-32(24)27(21-9-3-1-4-10-21)22-11-5-2-6-12-22/h1-14,18-19,24,27H,15-17,20H2/t24-/m0/s1. The molecule has 33 heavy (non-hydrogen) atoms. The van der Waals surface area contributed by atoms with E-state index in [2.05, 4.69) is 58.4 Å². The van der Waals surface area contributed by atoms with E-state index in [9.17, 15) is 4.79 Å². The molecule has 0 saturated carbocycles. The lowest BCUT2D eigenvalue weighted by molar-refractivity contribution is 0.0438. The van der Waals surface area contributed by atoms with Gasteiger partial charge in [0, 0.05) is 49.3 Å². The average Bonchev–Trinajstić information content (AvgIpc) is 2.89. The Kier molecular flexibility index (Phi) is 6.38. The van der Waals surface area contributed by atoms with Crippen LogP contribution in [0.4, 0.5) is 0 Å². The number of carbonyl (C=O) groups excluding carboxylic acids is 1. The molecule has 1 fully saturated rings. The topological polar surface area (TPSA) is 36.4 Å². The van der Waals surface area contributed by atoms with Gasteiger partial charge in [-0.3, -0.25) is 14.7 Å². The summed E-state index contributed by atoms with van der Waals surface area (Å²) in [6.45, 7) is 1.98. The number of fused-ring (bicyclic) bond motifs is 1. The summed E-state index contributed by atoms with van der Waals surface area (Å²) in [6, 6.07) is 29.1. The highest BCUT2D eigenvalue weighted by Crippen LogP contribution is 2.32. The minimum atomic E-state index is 0.0186. The second-order valence-electron chi connectivity index (χ2n) is 8.43. The number of halogens is 1. The van der Waals surface area contributed by atoms with Crippen LogP contribution in [0.5, 0.6) is 0 Å². The molecule has 1 aliphatic heterocycles. The van der Waals surface area contributed by atoms with E-state index in [4.69, 9.17) is 11.6 Å². The maximum atomic E-state index is 13.5. The number of carbonyl (C=O) groups is 1. The van der Waals surface area contributed by atoms with Gasteiger partial charge in [-0.25, -0.2) is 0 Å². The zero-order valence-corrected chi connectivity index (χ0v) is 19.1. The van der Waals surface area contributed by atoms with Crippen LogP contribution >= 0.6 is 11.6 Å². The smallest absolute Gasteiger partial charge is 0.256 e. The van der Waals surface area contributed by atoms with Crippen molar-refractivity contribution in [3.8, 4) is 0 Å². The van der Waals surface area contributed by atoms with E-state index in [1.165, 1.54) is 11.1 Å². The Morgan fingerprint density at radius 1 is 0.879 bits per heavy atom. The van der Waals surface area contributed by atoms with Gasteiger partial charge in [-0.15, -0.1) is 11.6 Å². The molecule has 2 heterocycles. The molecule has 0 unspecified atom stereocenters. The van der Waals surface area contributed by atoms with Gasteiger partial charge in [0.15, 0.2) is 0 Å². The van der Waals surface area contributed by atoms with Crippen LogP contribution in [0, 0.1) is 0 Å². The van der Waals surface area contributed by atoms with Crippen molar-refractivity contribution in [3.05, 3.63) is 114 Å². The summed E-state index contributed by atoms with van der Waals surface area (Å²) < 4.78 is 0. The fourth-order valence-corrected chi connectivity index (χ4v) is 5.11. The van der Waals surface area contributed by atoms with E-state index >= 15 is 0 Å². The third-order valence-corrected chi connectivity index (χ3v) is 6.81. The maximum absolute atomic E-state index is 13.5. The highest BCUT2D eigenvalue weighted by atomic mass is 35.5. The molecule has 4 nitrogen and oxygen atoms in total. The Hall–Kier alpha value is -3.21. The summed E-state index contributed by atoms with van der Waals surface area (Å²) in [5.41, 5.74) is 3.12. The normalized spacial score (nSPS) is 16.9. The van der Waals surface area contributed by atoms with Crippen LogP contribution < -0.4 is 0 Å². The van der Waals surface area contributed by atoms with Crippen LogP contribution in [0.15, 0.2) is 97.3 Å². The third kappa shape index (κ3) is 4.37. The Morgan fingerprint density at radius 3 is 2.18 bits per heavy atom. The fraction of sp³-hybridized carbons (Fsp3) is 0.214. The van der Waals surface area contributed by atoms with Crippen LogP contribution in [-0.4, -0.2) is 52.2 Å². The quantitative estimate of drug-likeness (QED) is 0.378. The number of piperazine rings is 1. The highest BCUT2D eigenvalue weighted by molar-refractivity contribution is 6.18. The van der Waals surface area contributed by atoms with Gasteiger partial charge < -0.3 is 4.90 Å². The SMILES string of the molecule is O=C(c1cncc2ccccc12)N1CCN(C(c2ccccc2)c2ccccc2)[C@@H](CCl)C1. The zero-order valence-electron chi connectivity index (χ0n) is 18.3. The molecule has 1 amide bonds. The van der Waals surface area contributed by atoms with Gasteiger partial charge >= 0.3 is 0 Å². The molecule has 1 saturated heterocycles. The number of nitrogens with zero attached hydrogens (tertiary/aromatic N) is 3. The van der Waals surface area contributed by atoms with Crippen molar-refractivity contribution in [1.29, 1.82) is 0 Å². The van der Waals surface area contributed by atoms with Crippen molar-refractivity contribution in [2.45, 2.75) is 12.1 Å². The molecule has 0 bridgehead atoms. The molecule has 1 atom stereocenters. The summed E-state index contributed by atoms with van der Waals surface area (Å²) in [6.07, 6.45) is 3.49. The molecule has 5 heteroatoms. The molecule has 0 aliphatic carbocycles. The van der Waals surface area contributed by atoms with Gasteiger partial charge in [-0.2, -0.15) is 0 Å². The third-order valence-electron chi connectivity index (χ3n) is 6.45. The first-order chi connectivity index (χ1) is 16.3. The number of benzene rings is 3. The molecule has 4 aromatic rings. The number of rotatable bonds is 5. The average molecular weight is 456 g/mol. The Bertz CT molecular complexity index is 1190.